The molecule has 0 amide bonds. The van der Waals surface area contributed by atoms with E-state index in [2.05, 4.69) is 27.5 Å². The molecule has 2 atom stereocenters. The third-order valence-corrected chi connectivity index (χ3v) is 3.83. The smallest absolute Gasteiger partial charge is 0.134 e. The number of aromatic nitrogens is 2. The summed E-state index contributed by atoms with van der Waals surface area (Å²) in [5.74, 6) is 2.15. The zero-order valence-electron chi connectivity index (χ0n) is 11.8. The van der Waals surface area contributed by atoms with E-state index in [-0.39, 0.29) is 6.10 Å². The second kappa shape index (κ2) is 6.70. The van der Waals surface area contributed by atoms with E-state index >= 15 is 0 Å². The fourth-order valence-electron chi connectivity index (χ4n) is 2.75. The maximum Gasteiger partial charge on any atom is 0.134 e. The second-order valence-corrected chi connectivity index (χ2v) is 5.19. The Balaban J connectivity index is 2.06. The van der Waals surface area contributed by atoms with Gasteiger partial charge >= 0.3 is 0 Å². The quantitative estimate of drug-likeness (QED) is 0.733. The van der Waals surface area contributed by atoms with Gasteiger partial charge in [-0.3, -0.25) is 0 Å². The van der Waals surface area contributed by atoms with Crippen LogP contribution in [0.5, 0.6) is 0 Å². The Morgan fingerprint density at radius 1 is 1.32 bits per heavy atom. The number of nitrogens with zero attached hydrogens (tertiary/aromatic N) is 2. The molecule has 1 fully saturated rings. The molecule has 2 rings (SSSR count). The molecule has 106 valence electrons. The molecule has 1 saturated carbocycles. The number of anilines is 2. The first-order valence-corrected chi connectivity index (χ1v) is 7.19. The second-order valence-electron chi connectivity index (χ2n) is 5.19. The number of aliphatic hydroxyl groups excluding tert-OH is 1. The summed E-state index contributed by atoms with van der Waals surface area (Å²) in [4.78, 5) is 8.61. The lowest BCUT2D eigenvalue weighted by Gasteiger charge is -2.18. The van der Waals surface area contributed by atoms with E-state index < -0.39 is 0 Å². The van der Waals surface area contributed by atoms with Crippen LogP contribution in [0.15, 0.2) is 6.33 Å². The number of nitrogens with one attached hydrogen (secondary N) is 2. The normalized spacial score (nSPS) is 22.5. The van der Waals surface area contributed by atoms with Crippen LogP contribution in [0.1, 0.15) is 38.2 Å². The van der Waals surface area contributed by atoms with E-state index in [9.17, 15) is 5.11 Å². The van der Waals surface area contributed by atoms with E-state index in [4.69, 9.17) is 0 Å². The molecule has 1 aliphatic carbocycles. The average Bonchev–Trinajstić information content (AvgIpc) is 2.83. The lowest BCUT2D eigenvalue weighted by molar-refractivity contribution is 0.138. The summed E-state index contributed by atoms with van der Waals surface area (Å²) in [6.07, 6.45) is 6.59. The molecule has 0 aromatic carbocycles. The zero-order valence-corrected chi connectivity index (χ0v) is 11.8. The van der Waals surface area contributed by atoms with Crippen LogP contribution in [0.2, 0.25) is 0 Å². The third kappa shape index (κ3) is 3.35. The number of aliphatic hydroxyl groups is 1. The van der Waals surface area contributed by atoms with Gasteiger partial charge in [-0.25, -0.2) is 9.97 Å². The fraction of sp³-hybridized carbons (Fsp3) is 0.714. The standard InChI is InChI=1S/C14H24N4O/c1-3-5-11-13(15-2)17-9-18-14(11)16-8-10-6-4-7-12(10)19/h9-10,12,19H,3-8H2,1-2H3,(H2,15,16,17,18). The van der Waals surface area contributed by atoms with Crippen LogP contribution < -0.4 is 10.6 Å². The van der Waals surface area contributed by atoms with Gasteiger partial charge in [0.1, 0.15) is 18.0 Å². The molecule has 1 aliphatic rings. The van der Waals surface area contributed by atoms with Gasteiger partial charge in [0.05, 0.1) is 6.10 Å². The Morgan fingerprint density at radius 3 is 2.74 bits per heavy atom. The van der Waals surface area contributed by atoms with Crippen molar-refractivity contribution in [2.24, 2.45) is 5.92 Å². The fourth-order valence-corrected chi connectivity index (χ4v) is 2.75. The van der Waals surface area contributed by atoms with Crippen molar-refractivity contribution in [2.45, 2.75) is 45.1 Å². The van der Waals surface area contributed by atoms with Crippen LogP contribution in [-0.4, -0.2) is 34.8 Å². The Bertz CT molecular complexity index is 410. The maximum atomic E-state index is 9.86. The summed E-state index contributed by atoms with van der Waals surface area (Å²) in [5.41, 5.74) is 1.14. The van der Waals surface area contributed by atoms with E-state index in [0.29, 0.717) is 5.92 Å². The van der Waals surface area contributed by atoms with Crippen LogP contribution >= 0.6 is 0 Å². The van der Waals surface area contributed by atoms with E-state index in [0.717, 1.165) is 55.8 Å². The van der Waals surface area contributed by atoms with Gasteiger partial charge in [-0.1, -0.05) is 19.8 Å². The highest BCUT2D eigenvalue weighted by molar-refractivity contribution is 5.57. The van der Waals surface area contributed by atoms with Gasteiger partial charge < -0.3 is 15.7 Å². The van der Waals surface area contributed by atoms with Gasteiger partial charge in [-0.15, -0.1) is 0 Å². The molecule has 0 spiro atoms. The topological polar surface area (TPSA) is 70.1 Å². The van der Waals surface area contributed by atoms with Crippen LogP contribution in [0, 0.1) is 5.92 Å². The van der Waals surface area contributed by atoms with Gasteiger partial charge in [-0.2, -0.15) is 0 Å². The van der Waals surface area contributed by atoms with E-state index in [1.54, 1.807) is 6.33 Å². The Morgan fingerprint density at radius 2 is 2.11 bits per heavy atom. The molecule has 0 bridgehead atoms. The highest BCUT2D eigenvalue weighted by Gasteiger charge is 2.25. The van der Waals surface area contributed by atoms with E-state index in [1.165, 1.54) is 0 Å². The minimum absolute atomic E-state index is 0.160. The summed E-state index contributed by atoms with van der Waals surface area (Å²) in [6.45, 7) is 2.94. The first kappa shape index (κ1) is 14.1. The Hall–Kier alpha value is -1.36. The molecule has 5 heteroatoms. The first-order valence-electron chi connectivity index (χ1n) is 7.19. The molecule has 19 heavy (non-hydrogen) atoms. The van der Waals surface area contributed by atoms with Crippen molar-refractivity contribution in [1.82, 2.24) is 9.97 Å². The van der Waals surface area contributed by atoms with Crippen molar-refractivity contribution in [3.8, 4) is 0 Å². The van der Waals surface area contributed by atoms with Crippen molar-refractivity contribution in [3.05, 3.63) is 11.9 Å². The lowest BCUT2D eigenvalue weighted by Crippen LogP contribution is -2.23. The summed E-state index contributed by atoms with van der Waals surface area (Å²) in [6, 6.07) is 0. The number of hydrogen-bond donors (Lipinski definition) is 3. The predicted octanol–water partition coefficient (Wildman–Crippen LogP) is 2.04. The third-order valence-electron chi connectivity index (χ3n) is 3.83. The molecule has 3 N–H and O–H groups in total. The lowest BCUT2D eigenvalue weighted by atomic mass is 10.1. The highest BCUT2D eigenvalue weighted by Crippen LogP contribution is 2.27. The molecular weight excluding hydrogens is 240 g/mol. The van der Waals surface area contributed by atoms with Crippen LogP contribution in [0.25, 0.3) is 0 Å². The minimum Gasteiger partial charge on any atom is -0.393 e. The Kier molecular flexibility index (Phi) is 4.96. The van der Waals surface area contributed by atoms with Crippen molar-refractivity contribution in [2.75, 3.05) is 24.2 Å². The summed E-state index contributed by atoms with van der Waals surface area (Å²) >= 11 is 0. The monoisotopic (exact) mass is 264 g/mol. The summed E-state index contributed by atoms with van der Waals surface area (Å²) < 4.78 is 0. The largest absolute Gasteiger partial charge is 0.393 e. The van der Waals surface area contributed by atoms with Crippen molar-refractivity contribution in [3.63, 3.8) is 0 Å². The summed E-state index contributed by atoms with van der Waals surface area (Å²) in [7, 11) is 1.88. The van der Waals surface area contributed by atoms with Crippen molar-refractivity contribution in [1.29, 1.82) is 0 Å². The predicted molar refractivity (Wildman–Crippen MR) is 77.4 cm³/mol. The average molecular weight is 264 g/mol. The zero-order chi connectivity index (χ0) is 13.7. The van der Waals surface area contributed by atoms with Crippen molar-refractivity contribution < 1.29 is 5.11 Å². The van der Waals surface area contributed by atoms with Crippen LogP contribution in [0.4, 0.5) is 11.6 Å². The van der Waals surface area contributed by atoms with Gasteiger partial charge in [-0.05, 0) is 19.3 Å². The molecule has 0 radical (unpaired) electrons. The van der Waals surface area contributed by atoms with Gasteiger partial charge in [0.2, 0.25) is 0 Å². The van der Waals surface area contributed by atoms with Crippen molar-refractivity contribution >= 4 is 11.6 Å². The number of hydrogen-bond acceptors (Lipinski definition) is 5. The SMILES string of the molecule is CCCc1c(NC)ncnc1NCC1CCCC1O. The number of rotatable bonds is 6. The van der Waals surface area contributed by atoms with Crippen LogP contribution in [0.3, 0.4) is 0 Å². The molecular formula is C14H24N4O. The molecule has 1 heterocycles. The molecule has 0 aliphatic heterocycles. The molecule has 5 nitrogen and oxygen atoms in total. The van der Waals surface area contributed by atoms with Gasteiger partial charge in [0.25, 0.3) is 0 Å². The van der Waals surface area contributed by atoms with E-state index in [1.807, 2.05) is 7.05 Å². The van der Waals surface area contributed by atoms with Gasteiger partial charge in [0, 0.05) is 25.1 Å². The molecule has 1 aromatic rings. The molecule has 0 saturated heterocycles. The van der Waals surface area contributed by atoms with Crippen LogP contribution in [-0.2, 0) is 6.42 Å². The first-order chi connectivity index (χ1) is 9.26. The summed E-state index contributed by atoms with van der Waals surface area (Å²) in [5, 5.41) is 16.4. The maximum absolute atomic E-state index is 9.86. The Labute approximate surface area is 114 Å². The van der Waals surface area contributed by atoms with Gasteiger partial charge in [0.15, 0.2) is 0 Å². The minimum atomic E-state index is -0.160. The highest BCUT2D eigenvalue weighted by atomic mass is 16.3. The molecule has 2 unspecified atom stereocenters. The molecule has 1 aromatic heterocycles.